The first-order valence-electron chi connectivity index (χ1n) is 12.8. The van der Waals surface area contributed by atoms with E-state index < -0.39 is 23.6 Å². The van der Waals surface area contributed by atoms with Crippen molar-refractivity contribution in [2.24, 2.45) is 12.8 Å². The molecule has 1 unspecified atom stereocenters. The van der Waals surface area contributed by atoms with Crippen LogP contribution in [-0.4, -0.2) is 43.6 Å². The molecule has 2 N–H and O–H groups in total. The lowest BCUT2D eigenvalue weighted by Gasteiger charge is -2.31. The zero-order valence-corrected chi connectivity index (χ0v) is 22.0. The van der Waals surface area contributed by atoms with E-state index in [4.69, 9.17) is 15.5 Å². The molecule has 0 saturated carbocycles. The molecule has 1 saturated heterocycles. The van der Waals surface area contributed by atoms with E-state index >= 15 is 0 Å². The van der Waals surface area contributed by atoms with Gasteiger partial charge in [0.15, 0.2) is 16.9 Å². The van der Waals surface area contributed by atoms with Gasteiger partial charge in [0.25, 0.3) is 5.56 Å². The van der Waals surface area contributed by atoms with Gasteiger partial charge >= 0.3 is 5.69 Å². The average Bonchev–Trinajstić information content (AvgIpc) is 3.33. The maximum absolute atomic E-state index is 13.8. The maximum Gasteiger partial charge on any atom is 0.332 e. The van der Waals surface area contributed by atoms with Crippen LogP contribution in [-0.2, 0) is 20.1 Å². The van der Waals surface area contributed by atoms with E-state index in [0.717, 1.165) is 24.0 Å². The first kappa shape index (κ1) is 26.0. The van der Waals surface area contributed by atoms with Crippen molar-refractivity contribution in [3.8, 4) is 23.3 Å². The van der Waals surface area contributed by atoms with Crippen molar-refractivity contribution in [2.75, 3.05) is 18.0 Å². The fourth-order valence-corrected chi connectivity index (χ4v) is 4.87. The second-order valence-electron chi connectivity index (χ2n) is 9.51. The zero-order valence-electron chi connectivity index (χ0n) is 22.0. The number of hydrogen-bond donors (Lipinski definition) is 1. The molecule has 10 heteroatoms. The van der Waals surface area contributed by atoms with Crippen LogP contribution >= 0.6 is 0 Å². The molecular formula is C29H30N6O4. The third kappa shape index (κ3) is 5.09. The third-order valence-electron chi connectivity index (χ3n) is 6.83. The van der Waals surface area contributed by atoms with Crippen LogP contribution in [0.1, 0.15) is 30.1 Å². The second-order valence-corrected chi connectivity index (χ2v) is 9.51. The summed E-state index contributed by atoms with van der Waals surface area (Å²) in [4.78, 5) is 47.3. The lowest BCUT2D eigenvalue weighted by atomic mass is 10.1. The van der Waals surface area contributed by atoms with Crippen molar-refractivity contribution in [3.63, 3.8) is 0 Å². The SMILES string of the molecule is CC#CCn1c(N2CCCC(N)C2)nc2c1c(=O)n(CC(=O)c1ccccc1Oc1ccccc1)c(=O)n2C. The van der Waals surface area contributed by atoms with Crippen LogP contribution in [0, 0.1) is 11.8 Å². The zero-order chi connectivity index (χ0) is 27.5. The van der Waals surface area contributed by atoms with E-state index in [-0.39, 0.29) is 29.3 Å². The number of benzene rings is 2. The number of nitrogens with zero attached hydrogens (tertiary/aromatic N) is 5. The number of aromatic nitrogens is 4. The Hall–Kier alpha value is -4.62. The van der Waals surface area contributed by atoms with Gasteiger partial charge in [-0.1, -0.05) is 36.3 Å². The van der Waals surface area contributed by atoms with E-state index in [1.165, 1.54) is 4.57 Å². The molecule has 1 atom stereocenters. The summed E-state index contributed by atoms with van der Waals surface area (Å²) in [5.74, 6) is 6.89. The van der Waals surface area contributed by atoms with Crippen LogP contribution in [0.3, 0.4) is 0 Å². The normalized spacial score (nSPS) is 15.2. The Labute approximate surface area is 225 Å². The standard InChI is InChI=1S/C29H30N6O4/c1-3-4-17-34-25-26(31-28(34)33-16-10-11-20(30)18-33)32(2)29(38)35(27(25)37)19-23(36)22-14-8-9-15-24(22)39-21-12-6-5-7-13-21/h5-9,12-15,20H,10-11,16-19,30H2,1-2H3. The van der Waals surface area contributed by atoms with Gasteiger partial charge in [-0.05, 0) is 44.0 Å². The van der Waals surface area contributed by atoms with Gasteiger partial charge in [-0.2, -0.15) is 4.98 Å². The summed E-state index contributed by atoms with van der Waals surface area (Å²) in [6.07, 6.45) is 1.81. The molecule has 1 aliphatic rings. The van der Waals surface area contributed by atoms with Crippen LogP contribution in [0.4, 0.5) is 5.95 Å². The number of para-hydroxylation sites is 2. The van der Waals surface area contributed by atoms with Crippen LogP contribution in [0.5, 0.6) is 11.5 Å². The van der Waals surface area contributed by atoms with Crippen molar-refractivity contribution >= 4 is 22.9 Å². The quantitative estimate of drug-likeness (QED) is 0.290. The van der Waals surface area contributed by atoms with Crippen LogP contribution < -0.4 is 26.6 Å². The number of nitrogens with two attached hydrogens (primary N) is 1. The number of carbonyl (C=O) groups is 1. The molecular weight excluding hydrogens is 496 g/mol. The van der Waals surface area contributed by atoms with Crippen molar-refractivity contribution in [1.82, 2.24) is 18.7 Å². The van der Waals surface area contributed by atoms with E-state index in [2.05, 4.69) is 11.8 Å². The minimum atomic E-state index is -0.629. The number of Topliss-reactive ketones (excluding diaryl/α,β-unsaturated/α-hetero) is 1. The number of ketones is 1. The van der Waals surface area contributed by atoms with Gasteiger partial charge < -0.3 is 15.4 Å². The monoisotopic (exact) mass is 526 g/mol. The Morgan fingerprint density at radius 3 is 2.59 bits per heavy atom. The Balaban J connectivity index is 1.58. The van der Waals surface area contributed by atoms with Crippen molar-refractivity contribution < 1.29 is 9.53 Å². The molecule has 0 bridgehead atoms. The highest BCUT2D eigenvalue weighted by Crippen LogP contribution is 2.26. The van der Waals surface area contributed by atoms with Gasteiger partial charge in [0, 0.05) is 26.2 Å². The summed E-state index contributed by atoms with van der Waals surface area (Å²) in [5, 5.41) is 0. The lowest BCUT2D eigenvalue weighted by Crippen LogP contribution is -2.44. The highest BCUT2D eigenvalue weighted by Gasteiger charge is 2.27. The fraction of sp³-hybridized carbons (Fsp3) is 0.310. The molecule has 39 heavy (non-hydrogen) atoms. The summed E-state index contributed by atoms with van der Waals surface area (Å²) in [5.41, 5.74) is 5.71. The Kier molecular flexibility index (Phi) is 7.34. The van der Waals surface area contributed by atoms with E-state index in [1.807, 2.05) is 23.1 Å². The first-order valence-corrected chi connectivity index (χ1v) is 12.8. The number of carbonyl (C=O) groups excluding carboxylic acids is 1. The Morgan fingerprint density at radius 2 is 1.85 bits per heavy atom. The smallest absolute Gasteiger partial charge is 0.332 e. The van der Waals surface area contributed by atoms with Crippen molar-refractivity contribution in [3.05, 3.63) is 81.0 Å². The molecule has 4 aromatic rings. The highest BCUT2D eigenvalue weighted by atomic mass is 16.5. The summed E-state index contributed by atoms with van der Waals surface area (Å²) in [7, 11) is 1.55. The predicted molar refractivity (Wildman–Crippen MR) is 149 cm³/mol. The first-order chi connectivity index (χ1) is 18.9. The molecule has 1 aliphatic heterocycles. The molecule has 0 amide bonds. The fourth-order valence-electron chi connectivity index (χ4n) is 4.87. The van der Waals surface area contributed by atoms with E-state index in [1.54, 1.807) is 54.9 Å². The third-order valence-corrected chi connectivity index (χ3v) is 6.83. The van der Waals surface area contributed by atoms with Crippen molar-refractivity contribution in [1.29, 1.82) is 0 Å². The van der Waals surface area contributed by atoms with E-state index in [9.17, 15) is 14.4 Å². The topological polar surface area (TPSA) is 117 Å². The predicted octanol–water partition coefficient (Wildman–Crippen LogP) is 2.52. The largest absolute Gasteiger partial charge is 0.457 e. The number of fused-ring (bicyclic) bond motifs is 1. The van der Waals surface area contributed by atoms with Gasteiger partial charge in [0.2, 0.25) is 5.95 Å². The van der Waals surface area contributed by atoms with Crippen LogP contribution in [0.15, 0.2) is 64.2 Å². The van der Waals surface area contributed by atoms with Crippen LogP contribution in [0.2, 0.25) is 0 Å². The van der Waals surface area contributed by atoms with Gasteiger partial charge in [0.1, 0.15) is 11.5 Å². The summed E-state index contributed by atoms with van der Waals surface area (Å²) >= 11 is 0. The minimum absolute atomic E-state index is 0.0134. The molecule has 0 spiro atoms. The lowest BCUT2D eigenvalue weighted by molar-refractivity contribution is 0.0966. The summed E-state index contributed by atoms with van der Waals surface area (Å²) in [6.45, 7) is 2.79. The number of rotatable bonds is 7. The highest BCUT2D eigenvalue weighted by molar-refractivity contribution is 5.98. The van der Waals surface area contributed by atoms with Gasteiger partial charge in [-0.15, -0.1) is 5.92 Å². The molecule has 2 aromatic heterocycles. The molecule has 200 valence electrons. The number of anilines is 1. The number of imidazole rings is 1. The molecule has 0 aliphatic carbocycles. The van der Waals surface area contributed by atoms with Gasteiger partial charge in [-0.25, -0.2) is 4.79 Å². The maximum atomic E-state index is 13.8. The molecule has 0 radical (unpaired) electrons. The average molecular weight is 527 g/mol. The van der Waals surface area contributed by atoms with Crippen LogP contribution in [0.25, 0.3) is 11.2 Å². The number of hydrogen-bond acceptors (Lipinski definition) is 7. The van der Waals surface area contributed by atoms with Gasteiger partial charge in [-0.3, -0.25) is 23.3 Å². The molecule has 1 fully saturated rings. The van der Waals surface area contributed by atoms with Crippen molar-refractivity contribution in [2.45, 2.75) is 38.9 Å². The summed E-state index contributed by atoms with van der Waals surface area (Å²) in [6, 6.07) is 15.8. The Bertz CT molecular complexity index is 1710. The number of ether oxygens (including phenoxy) is 1. The Morgan fingerprint density at radius 1 is 1.10 bits per heavy atom. The van der Waals surface area contributed by atoms with E-state index in [0.29, 0.717) is 24.0 Å². The molecule has 5 rings (SSSR count). The molecule has 2 aromatic carbocycles. The van der Waals surface area contributed by atoms with Gasteiger partial charge in [0.05, 0.1) is 18.7 Å². The molecule has 10 nitrogen and oxygen atoms in total. The number of piperidine rings is 1. The molecule has 3 heterocycles. The minimum Gasteiger partial charge on any atom is -0.457 e. The number of aryl methyl sites for hydroxylation is 1. The second kappa shape index (κ2) is 11.0. The summed E-state index contributed by atoms with van der Waals surface area (Å²) < 4.78 is 9.91.